The number of hydrogen-bond donors (Lipinski definition) is 5. The van der Waals surface area contributed by atoms with Crippen molar-refractivity contribution in [2.45, 2.75) is 71.0 Å². The molecule has 0 spiro atoms. The first-order valence-corrected chi connectivity index (χ1v) is 15.8. The fourth-order valence-corrected chi connectivity index (χ4v) is 6.42. The van der Waals surface area contributed by atoms with Crippen LogP contribution in [-0.4, -0.2) is 60.0 Å². The average Bonchev–Trinajstić information content (AvgIpc) is 3.42. The third-order valence-corrected chi connectivity index (χ3v) is 8.88. The first kappa shape index (κ1) is 32.2. The number of carbonyl (C=O) groups is 4. The summed E-state index contributed by atoms with van der Waals surface area (Å²) in [6, 6.07) is 13.1. The van der Waals surface area contributed by atoms with Crippen LogP contribution in [0.5, 0.6) is 0 Å². The highest BCUT2D eigenvalue weighted by Crippen LogP contribution is 2.22. The summed E-state index contributed by atoms with van der Waals surface area (Å²) in [6.45, 7) is 6.07. The van der Waals surface area contributed by atoms with Crippen molar-refractivity contribution in [3.8, 4) is 0 Å². The zero-order chi connectivity index (χ0) is 30.9. The van der Waals surface area contributed by atoms with Gasteiger partial charge in [0.1, 0.15) is 12.1 Å². The van der Waals surface area contributed by atoms with Crippen LogP contribution in [-0.2, 0) is 20.8 Å². The molecule has 0 radical (unpaired) electrons. The average molecular weight is 607 g/mol. The van der Waals surface area contributed by atoms with E-state index in [0.29, 0.717) is 30.7 Å². The molecule has 10 heteroatoms. The van der Waals surface area contributed by atoms with E-state index in [9.17, 15) is 24.3 Å². The van der Waals surface area contributed by atoms with Gasteiger partial charge in [-0.2, -0.15) is 0 Å². The molecule has 9 nitrogen and oxygen atoms in total. The number of carbonyl (C=O) groups excluding carboxylic acids is 4. The molecule has 4 amide bonds. The van der Waals surface area contributed by atoms with Gasteiger partial charge in [-0.15, -0.1) is 11.3 Å². The molecule has 0 saturated carbocycles. The highest BCUT2D eigenvalue weighted by atomic mass is 32.1. The molecule has 1 aromatic heterocycles. The van der Waals surface area contributed by atoms with Gasteiger partial charge >= 0.3 is 0 Å². The van der Waals surface area contributed by atoms with Crippen LogP contribution in [0.1, 0.15) is 60.3 Å². The lowest BCUT2D eigenvalue weighted by Gasteiger charge is -2.28. The Labute approximate surface area is 256 Å². The monoisotopic (exact) mass is 606 g/mol. The number of piperidine rings is 1. The Balaban J connectivity index is 1.54. The molecule has 2 aromatic carbocycles. The summed E-state index contributed by atoms with van der Waals surface area (Å²) in [5, 5.41) is 25.4. The fourth-order valence-electron chi connectivity index (χ4n) is 5.59. The fraction of sp³-hybridized carbons (Fsp3) is 0.455. The van der Waals surface area contributed by atoms with E-state index in [2.05, 4.69) is 21.3 Å². The van der Waals surface area contributed by atoms with Crippen molar-refractivity contribution < 1.29 is 24.3 Å². The predicted octanol–water partition coefficient (Wildman–Crippen LogP) is 3.48. The van der Waals surface area contributed by atoms with E-state index in [0.717, 1.165) is 28.3 Å². The predicted molar refractivity (Wildman–Crippen MR) is 169 cm³/mol. The van der Waals surface area contributed by atoms with Crippen molar-refractivity contribution in [2.24, 2.45) is 11.8 Å². The van der Waals surface area contributed by atoms with Crippen LogP contribution < -0.4 is 21.3 Å². The second-order valence-electron chi connectivity index (χ2n) is 11.7. The van der Waals surface area contributed by atoms with Crippen LogP contribution in [0.4, 0.5) is 0 Å². The number of fused-ring (bicyclic) bond motifs is 1. The maximum atomic E-state index is 13.9. The largest absolute Gasteiger partial charge is 0.394 e. The van der Waals surface area contributed by atoms with E-state index in [1.807, 2.05) is 74.7 Å². The molecule has 43 heavy (non-hydrogen) atoms. The van der Waals surface area contributed by atoms with E-state index >= 15 is 0 Å². The molecule has 0 bridgehead atoms. The third-order valence-electron chi connectivity index (χ3n) is 7.87. The Morgan fingerprint density at radius 2 is 1.74 bits per heavy atom. The molecule has 230 valence electrons. The van der Waals surface area contributed by atoms with Crippen molar-refractivity contribution in [1.29, 1.82) is 0 Å². The number of nitrogens with one attached hydrogen (secondary N) is 4. The van der Waals surface area contributed by atoms with Gasteiger partial charge in [0.25, 0.3) is 5.91 Å². The second-order valence-corrected chi connectivity index (χ2v) is 12.7. The van der Waals surface area contributed by atoms with Gasteiger partial charge in [-0.25, -0.2) is 0 Å². The molecule has 1 fully saturated rings. The first-order chi connectivity index (χ1) is 20.7. The molecule has 2 heterocycles. The van der Waals surface area contributed by atoms with Crippen molar-refractivity contribution >= 4 is 45.7 Å². The van der Waals surface area contributed by atoms with Crippen molar-refractivity contribution in [1.82, 2.24) is 21.3 Å². The van der Waals surface area contributed by atoms with E-state index in [4.69, 9.17) is 0 Å². The lowest BCUT2D eigenvalue weighted by molar-refractivity contribution is -0.131. The number of amides is 4. The van der Waals surface area contributed by atoms with Gasteiger partial charge < -0.3 is 26.4 Å². The van der Waals surface area contributed by atoms with Gasteiger partial charge in [0.15, 0.2) is 0 Å². The van der Waals surface area contributed by atoms with Crippen LogP contribution in [0, 0.1) is 18.8 Å². The number of rotatable bonds is 13. The SMILES string of the molecule is Cc1ccsc1C(=O)N[C@@H](Cc1cccc2ccccc12)C(=O)N[C@@H](CC(C)C)C(=O)N[C@H](CO)C[C@@H]1CCCNC1=O. The number of hydrogen-bond acceptors (Lipinski definition) is 6. The van der Waals surface area contributed by atoms with Crippen molar-refractivity contribution in [3.05, 3.63) is 69.9 Å². The smallest absolute Gasteiger partial charge is 0.262 e. The summed E-state index contributed by atoms with van der Waals surface area (Å²) in [7, 11) is 0. The maximum Gasteiger partial charge on any atom is 0.262 e. The number of thiophene rings is 1. The summed E-state index contributed by atoms with van der Waals surface area (Å²) in [6.07, 6.45) is 2.46. The third kappa shape index (κ3) is 8.64. The summed E-state index contributed by atoms with van der Waals surface area (Å²) in [4.78, 5) is 53.4. The quantitative estimate of drug-likeness (QED) is 0.203. The summed E-state index contributed by atoms with van der Waals surface area (Å²) in [5.74, 6) is -1.52. The Morgan fingerprint density at radius 3 is 2.44 bits per heavy atom. The van der Waals surface area contributed by atoms with Crippen LogP contribution in [0.2, 0.25) is 0 Å². The number of aryl methyl sites for hydroxylation is 1. The minimum Gasteiger partial charge on any atom is -0.394 e. The van der Waals surface area contributed by atoms with Crippen LogP contribution in [0.3, 0.4) is 0 Å². The molecule has 4 rings (SSSR count). The second kappa shape index (κ2) is 15.1. The van der Waals surface area contributed by atoms with E-state index in [1.165, 1.54) is 11.3 Å². The van der Waals surface area contributed by atoms with Gasteiger partial charge in [0, 0.05) is 18.9 Å². The standard InChI is InChI=1S/C33H42N4O5S/c1-20(2)16-27(31(40)35-25(19-38)17-24-11-7-14-34-30(24)39)36-32(41)28(37-33(42)29-21(3)13-15-43-29)18-23-10-6-9-22-8-4-5-12-26(22)23/h4-6,8-10,12-13,15,20,24-25,27-28,38H,7,11,14,16-19H2,1-3H3,(H,34,39)(H,35,40)(H,36,41)(H,37,42)/t24-,25-,27-,28-/m0/s1. The first-order valence-electron chi connectivity index (χ1n) is 15.0. The van der Waals surface area contributed by atoms with Gasteiger partial charge in [-0.3, -0.25) is 19.2 Å². The molecule has 1 aliphatic heterocycles. The summed E-state index contributed by atoms with van der Waals surface area (Å²) >= 11 is 1.31. The molecule has 0 unspecified atom stereocenters. The lowest BCUT2D eigenvalue weighted by atomic mass is 9.91. The highest BCUT2D eigenvalue weighted by Gasteiger charge is 2.31. The molecular formula is C33H42N4O5S. The minimum atomic E-state index is -0.943. The number of aliphatic hydroxyl groups excluding tert-OH is 1. The maximum absolute atomic E-state index is 13.9. The molecule has 1 saturated heterocycles. The molecule has 5 N–H and O–H groups in total. The van der Waals surface area contributed by atoms with Crippen LogP contribution >= 0.6 is 11.3 Å². The van der Waals surface area contributed by atoms with Crippen molar-refractivity contribution in [3.63, 3.8) is 0 Å². The Morgan fingerprint density at radius 1 is 1.00 bits per heavy atom. The Bertz CT molecular complexity index is 1430. The topological polar surface area (TPSA) is 137 Å². The molecule has 0 aliphatic carbocycles. The summed E-state index contributed by atoms with van der Waals surface area (Å²) < 4.78 is 0. The van der Waals surface area contributed by atoms with Crippen LogP contribution in [0.25, 0.3) is 10.8 Å². The van der Waals surface area contributed by atoms with Gasteiger partial charge in [0.2, 0.25) is 17.7 Å². The molecule has 3 aromatic rings. The van der Waals surface area contributed by atoms with Gasteiger partial charge in [0.05, 0.1) is 17.5 Å². The van der Waals surface area contributed by atoms with Gasteiger partial charge in [-0.05, 0) is 71.9 Å². The van der Waals surface area contributed by atoms with Crippen molar-refractivity contribution in [2.75, 3.05) is 13.2 Å². The van der Waals surface area contributed by atoms with E-state index in [-0.39, 0.29) is 36.7 Å². The molecule has 4 atom stereocenters. The highest BCUT2D eigenvalue weighted by molar-refractivity contribution is 7.12. The number of aliphatic hydroxyl groups is 1. The lowest BCUT2D eigenvalue weighted by Crippen LogP contribution is -2.56. The van der Waals surface area contributed by atoms with E-state index < -0.39 is 29.9 Å². The summed E-state index contributed by atoms with van der Waals surface area (Å²) in [5.41, 5.74) is 1.72. The minimum absolute atomic E-state index is 0.0704. The zero-order valence-electron chi connectivity index (χ0n) is 25.0. The van der Waals surface area contributed by atoms with E-state index in [1.54, 1.807) is 0 Å². The molecular weight excluding hydrogens is 564 g/mol. The molecule has 1 aliphatic rings. The van der Waals surface area contributed by atoms with Crippen LogP contribution in [0.15, 0.2) is 53.9 Å². The zero-order valence-corrected chi connectivity index (χ0v) is 25.8. The Kier molecular flexibility index (Phi) is 11.3. The normalized spacial score (nSPS) is 17.1. The Hall–Kier alpha value is -3.76. The number of benzene rings is 2. The van der Waals surface area contributed by atoms with Gasteiger partial charge in [-0.1, -0.05) is 56.3 Å².